The van der Waals surface area contributed by atoms with E-state index in [1.165, 1.54) is 25.7 Å². The molecule has 2 aliphatic rings. The Balaban J connectivity index is 1.43. The molecule has 0 aliphatic heterocycles. The minimum absolute atomic E-state index is 0.00464. The van der Waals surface area contributed by atoms with E-state index >= 15 is 0 Å². The van der Waals surface area contributed by atoms with Gasteiger partial charge >= 0.3 is 0 Å². The molecule has 2 N–H and O–H groups in total. The highest BCUT2D eigenvalue weighted by molar-refractivity contribution is 5.94. The van der Waals surface area contributed by atoms with Crippen molar-refractivity contribution in [3.8, 4) is 5.75 Å². The Labute approximate surface area is 143 Å². The fraction of sp³-hybridized carbons (Fsp3) is 0.579. The first kappa shape index (κ1) is 16.8. The van der Waals surface area contributed by atoms with Gasteiger partial charge in [-0.3, -0.25) is 9.59 Å². The van der Waals surface area contributed by atoms with E-state index in [9.17, 15) is 9.59 Å². The molecule has 0 aromatic heterocycles. The first-order chi connectivity index (χ1) is 11.6. The molecule has 1 aromatic carbocycles. The van der Waals surface area contributed by atoms with Gasteiger partial charge in [-0.25, -0.2) is 0 Å². The van der Waals surface area contributed by atoms with Crippen molar-refractivity contribution >= 4 is 11.8 Å². The zero-order valence-electron chi connectivity index (χ0n) is 14.2. The van der Waals surface area contributed by atoms with E-state index in [2.05, 4.69) is 10.6 Å². The molecule has 0 heterocycles. The summed E-state index contributed by atoms with van der Waals surface area (Å²) in [5.41, 5.74) is 0.626. The van der Waals surface area contributed by atoms with Crippen molar-refractivity contribution in [2.75, 3.05) is 6.61 Å². The van der Waals surface area contributed by atoms with Gasteiger partial charge in [-0.15, -0.1) is 0 Å². The Morgan fingerprint density at radius 3 is 2.42 bits per heavy atom. The molecule has 2 fully saturated rings. The van der Waals surface area contributed by atoms with Gasteiger partial charge in [-0.1, -0.05) is 12.8 Å². The molecule has 2 saturated carbocycles. The average molecular weight is 330 g/mol. The zero-order chi connectivity index (χ0) is 16.9. The molecule has 3 rings (SSSR count). The van der Waals surface area contributed by atoms with Crippen molar-refractivity contribution in [1.29, 1.82) is 0 Å². The van der Waals surface area contributed by atoms with E-state index in [4.69, 9.17) is 4.74 Å². The molecule has 2 amide bonds. The highest BCUT2D eigenvalue weighted by Gasteiger charge is 2.28. The predicted molar refractivity (Wildman–Crippen MR) is 92.0 cm³/mol. The average Bonchev–Trinajstić information content (AvgIpc) is 3.32. The number of nitrogens with one attached hydrogen (secondary N) is 2. The molecule has 1 aromatic rings. The normalized spacial score (nSPS) is 18.9. The largest absolute Gasteiger partial charge is 0.484 e. The quantitative estimate of drug-likeness (QED) is 0.808. The fourth-order valence-corrected chi connectivity index (χ4v) is 3.20. The first-order valence-corrected chi connectivity index (χ1v) is 8.95. The van der Waals surface area contributed by atoms with E-state index in [0.29, 0.717) is 23.3 Å². The van der Waals surface area contributed by atoms with Gasteiger partial charge in [0, 0.05) is 17.6 Å². The Bertz CT molecular complexity index is 575. The standard InChI is InChI=1S/C19H26N2O3/c1-13(14-6-7-14)20-18(22)12-24-17-10-8-15(9-11-17)19(23)21-16-4-2-3-5-16/h8-11,13-14,16H,2-7,12H2,1H3,(H,20,22)(H,21,23). The lowest BCUT2D eigenvalue weighted by Crippen LogP contribution is -2.37. The van der Waals surface area contributed by atoms with Crippen molar-refractivity contribution < 1.29 is 14.3 Å². The van der Waals surface area contributed by atoms with Crippen molar-refractivity contribution in [2.24, 2.45) is 5.92 Å². The summed E-state index contributed by atoms with van der Waals surface area (Å²) in [6, 6.07) is 7.49. The molecule has 0 bridgehead atoms. The summed E-state index contributed by atoms with van der Waals surface area (Å²) < 4.78 is 5.49. The second-order valence-corrected chi connectivity index (χ2v) is 6.96. The number of carbonyl (C=O) groups excluding carboxylic acids is 2. The van der Waals surface area contributed by atoms with Crippen LogP contribution in [0.5, 0.6) is 5.75 Å². The number of carbonyl (C=O) groups is 2. The maximum Gasteiger partial charge on any atom is 0.258 e. The molecule has 5 nitrogen and oxygen atoms in total. The summed E-state index contributed by atoms with van der Waals surface area (Å²) in [6.45, 7) is 2.04. The Hall–Kier alpha value is -2.04. The van der Waals surface area contributed by atoms with Gasteiger partial charge in [-0.05, 0) is 62.8 Å². The summed E-state index contributed by atoms with van der Waals surface area (Å²) in [5, 5.41) is 6.01. The lowest BCUT2D eigenvalue weighted by Gasteiger charge is -2.14. The topological polar surface area (TPSA) is 67.4 Å². The smallest absolute Gasteiger partial charge is 0.258 e. The van der Waals surface area contributed by atoms with Crippen LogP contribution >= 0.6 is 0 Å². The minimum Gasteiger partial charge on any atom is -0.484 e. The van der Waals surface area contributed by atoms with Crippen LogP contribution in [0.15, 0.2) is 24.3 Å². The summed E-state index contributed by atoms with van der Waals surface area (Å²) in [7, 11) is 0. The van der Waals surface area contributed by atoms with Crippen molar-refractivity contribution in [3.63, 3.8) is 0 Å². The molecule has 0 saturated heterocycles. The highest BCUT2D eigenvalue weighted by Crippen LogP contribution is 2.32. The Morgan fingerprint density at radius 2 is 1.79 bits per heavy atom. The first-order valence-electron chi connectivity index (χ1n) is 8.95. The summed E-state index contributed by atoms with van der Waals surface area (Å²) in [5.74, 6) is 1.09. The van der Waals surface area contributed by atoms with Crippen LogP contribution in [0.1, 0.15) is 55.8 Å². The lowest BCUT2D eigenvalue weighted by atomic mass is 10.1. The van der Waals surface area contributed by atoms with Gasteiger partial charge in [-0.2, -0.15) is 0 Å². The van der Waals surface area contributed by atoms with Crippen LogP contribution in [0.4, 0.5) is 0 Å². The van der Waals surface area contributed by atoms with Crippen LogP contribution < -0.4 is 15.4 Å². The third-order valence-corrected chi connectivity index (χ3v) is 4.89. The number of rotatable bonds is 7. The van der Waals surface area contributed by atoms with Crippen molar-refractivity contribution in [2.45, 2.75) is 57.5 Å². The fourth-order valence-electron chi connectivity index (χ4n) is 3.20. The van der Waals surface area contributed by atoms with Crippen LogP contribution in [0.25, 0.3) is 0 Å². The molecule has 0 spiro atoms. The molecule has 24 heavy (non-hydrogen) atoms. The summed E-state index contributed by atoms with van der Waals surface area (Å²) >= 11 is 0. The number of hydrogen-bond acceptors (Lipinski definition) is 3. The molecule has 130 valence electrons. The molecule has 1 atom stereocenters. The zero-order valence-corrected chi connectivity index (χ0v) is 14.2. The van der Waals surface area contributed by atoms with E-state index in [1.54, 1.807) is 24.3 Å². The maximum absolute atomic E-state index is 12.2. The third kappa shape index (κ3) is 4.73. The molecule has 2 aliphatic carbocycles. The number of amides is 2. The number of ether oxygens (including phenoxy) is 1. The van der Waals surface area contributed by atoms with Gasteiger partial charge in [0.1, 0.15) is 5.75 Å². The van der Waals surface area contributed by atoms with E-state index in [0.717, 1.165) is 12.8 Å². The van der Waals surface area contributed by atoms with Crippen LogP contribution in [0.3, 0.4) is 0 Å². The third-order valence-electron chi connectivity index (χ3n) is 4.89. The highest BCUT2D eigenvalue weighted by atomic mass is 16.5. The maximum atomic E-state index is 12.2. The number of benzene rings is 1. The van der Waals surface area contributed by atoms with Crippen LogP contribution in [0.2, 0.25) is 0 Å². The SMILES string of the molecule is CC(NC(=O)COc1ccc(C(=O)NC2CCCC2)cc1)C1CC1. The predicted octanol–water partition coefficient (Wildman–Crippen LogP) is 2.65. The van der Waals surface area contributed by atoms with Crippen LogP contribution in [0, 0.1) is 5.92 Å². The molecule has 0 radical (unpaired) electrons. The molecular weight excluding hydrogens is 304 g/mol. The Kier molecular flexibility index (Phi) is 5.38. The summed E-state index contributed by atoms with van der Waals surface area (Å²) in [6.07, 6.45) is 6.93. The van der Waals surface area contributed by atoms with Gasteiger partial charge in [0.2, 0.25) is 0 Å². The summed E-state index contributed by atoms with van der Waals surface area (Å²) in [4.78, 5) is 24.0. The minimum atomic E-state index is -0.0996. The number of hydrogen-bond donors (Lipinski definition) is 2. The molecular formula is C19H26N2O3. The van der Waals surface area contributed by atoms with Gasteiger partial charge in [0.15, 0.2) is 6.61 Å². The van der Waals surface area contributed by atoms with Gasteiger partial charge in [0.25, 0.3) is 11.8 Å². The van der Waals surface area contributed by atoms with Crippen molar-refractivity contribution in [3.05, 3.63) is 29.8 Å². The second-order valence-electron chi connectivity index (χ2n) is 6.96. The van der Waals surface area contributed by atoms with Crippen LogP contribution in [-0.4, -0.2) is 30.5 Å². The van der Waals surface area contributed by atoms with E-state index in [-0.39, 0.29) is 24.5 Å². The monoisotopic (exact) mass is 330 g/mol. The van der Waals surface area contributed by atoms with Gasteiger partial charge in [0.05, 0.1) is 0 Å². The van der Waals surface area contributed by atoms with Gasteiger partial charge < -0.3 is 15.4 Å². The second kappa shape index (κ2) is 7.69. The molecule has 1 unspecified atom stereocenters. The van der Waals surface area contributed by atoms with Crippen LogP contribution in [-0.2, 0) is 4.79 Å². The Morgan fingerprint density at radius 1 is 1.12 bits per heavy atom. The van der Waals surface area contributed by atoms with E-state index in [1.807, 2.05) is 6.92 Å². The molecule has 5 heteroatoms. The van der Waals surface area contributed by atoms with Crippen molar-refractivity contribution in [1.82, 2.24) is 10.6 Å². The lowest BCUT2D eigenvalue weighted by molar-refractivity contribution is -0.123. The van der Waals surface area contributed by atoms with E-state index < -0.39 is 0 Å².